The van der Waals surface area contributed by atoms with Crippen LogP contribution in [0.25, 0.3) is 22.6 Å². The first-order chi connectivity index (χ1) is 8.65. The van der Waals surface area contributed by atoms with Crippen LogP contribution < -0.4 is 5.73 Å². The minimum absolute atomic E-state index is 0.169. The highest BCUT2D eigenvalue weighted by Gasteiger charge is 2.14. The number of hydrogen-bond donors (Lipinski definition) is 1. The molecule has 0 amide bonds. The molecular formula is C13H8ClFN2O. The van der Waals surface area contributed by atoms with Gasteiger partial charge in [0.05, 0.1) is 10.6 Å². The molecule has 0 aliphatic rings. The Bertz CT molecular complexity index is 739. The monoisotopic (exact) mass is 262 g/mol. The molecule has 0 unspecified atom stereocenters. The summed E-state index contributed by atoms with van der Waals surface area (Å²) in [7, 11) is 0. The number of anilines is 1. The number of halogens is 2. The quantitative estimate of drug-likeness (QED) is 0.677. The number of hydrogen-bond acceptors (Lipinski definition) is 3. The second-order valence-electron chi connectivity index (χ2n) is 3.85. The van der Waals surface area contributed by atoms with Crippen molar-refractivity contribution < 1.29 is 8.81 Å². The highest BCUT2D eigenvalue weighted by molar-refractivity contribution is 6.34. The van der Waals surface area contributed by atoms with Gasteiger partial charge in [0.2, 0.25) is 5.89 Å². The van der Waals surface area contributed by atoms with Gasteiger partial charge in [-0.05, 0) is 30.3 Å². The number of para-hydroxylation sites is 1. The van der Waals surface area contributed by atoms with Crippen molar-refractivity contribution >= 4 is 28.4 Å². The zero-order chi connectivity index (χ0) is 12.7. The molecule has 0 atom stereocenters. The molecule has 3 rings (SSSR count). The van der Waals surface area contributed by atoms with Gasteiger partial charge in [-0.2, -0.15) is 0 Å². The summed E-state index contributed by atoms with van der Waals surface area (Å²) in [5.74, 6) is -0.269. The molecule has 90 valence electrons. The Morgan fingerprint density at radius 1 is 1.22 bits per heavy atom. The van der Waals surface area contributed by atoms with Crippen LogP contribution in [0.4, 0.5) is 10.1 Å². The first kappa shape index (κ1) is 11.0. The summed E-state index contributed by atoms with van der Waals surface area (Å²) in [6, 6.07) is 9.43. The lowest BCUT2D eigenvalue weighted by Gasteiger charge is -1.99. The van der Waals surface area contributed by atoms with E-state index in [0.717, 1.165) is 0 Å². The molecule has 0 spiro atoms. The van der Waals surface area contributed by atoms with Gasteiger partial charge in [0.15, 0.2) is 5.58 Å². The number of aromatic nitrogens is 1. The average Bonchev–Trinajstić information content (AvgIpc) is 2.77. The molecule has 5 heteroatoms. The maximum Gasteiger partial charge on any atom is 0.230 e. The number of benzene rings is 2. The Hall–Kier alpha value is -2.07. The SMILES string of the molecule is Nc1ccc(F)c(-c2nc3cccc(Cl)c3o2)c1. The van der Waals surface area contributed by atoms with Crippen molar-refractivity contribution in [2.75, 3.05) is 5.73 Å². The minimum atomic E-state index is -0.438. The summed E-state index contributed by atoms with van der Waals surface area (Å²) >= 11 is 5.98. The van der Waals surface area contributed by atoms with E-state index < -0.39 is 5.82 Å². The predicted octanol–water partition coefficient (Wildman–Crippen LogP) is 3.87. The third kappa shape index (κ3) is 1.71. The van der Waals surface area contributed by atoms with E-state index in [9.17, 15) is 4.39 Å². The van der Waals surface area contributed by atoms with Gasteiger partial charge >= 0.3 is 0 Å². The standard InChI is InChI=1S/C13H8ClFN2O/c14-9-2-1-3-11-12(9)18-13(17-11)8-6-7(16)4-5-10(8)15/h1-6H,16H2. The van der Waals surface area contributed by atoms with Crippen molar-refractivity contribution in [3.05, 3.63) is 47.2 Å². The van der Waals surface area contributed by atoms with Crippen LogP contribution in [0.3, 0.4) is 0 Å². The molecule has 0 saturated carbocycles. The molecule has 2 aromatic carbocycles. The van der Waals surface area contributed by atoms with E-state index in [1.807, 2.05) is 0 Å². The van der Waals surface area contributed by atoms with Crippen LogP contribution in [0.15, 0.2) is 40.8 Å². The highest BCUT2D eigenvalue weighted by Crippen LogP contribution is 2.30. The van der Waals surface area contributed by atoms with Gasteiger partial charge in [-0.1, -0.05) is 17.7 Å². The summed E-state index contributed by atoms with van der Waals surface area (Å²) in [6.45, 7) is 0. The topological polar surface area (TPSA) is 52.0 Å². The molecule has 0 saturated heterocycles. The Kier molecular flexibility index (Phi) is 2.45. The van der Waals surface area contributed by atoms with Gasteiger partial charge in [0.25, 0.3) is 0 Å². The van der Waals surface area contributed by atoms with Gasteiger partial charge in [0, 0.05) is 5.69 Å². The second kappa shape index (κ2) is 3.99. The molecule has 1 aromatic heterocycles. The van der Waals surface area contributed by atoms with E-state index in [1.54, 1.807) is 18.2 Å². The fourth-order valence-electron chi connectivity index (χ4n) is 1.74. The number of nitrogen functional groups attached to an aromatic ring is 1. The lowest BCUT2D eigenvalue weighted by molar-refractivity contribution is 0.594. The van der Waals surface area contributed by atoms with Gasteiger partial charge in [-0.15, -0.1) is 0 Å². The van der Waals surface area contributed by atoms with Crippen LogP contribution in [-0.4, -0.2) is 4.98 Å². The van der Waals surface area contributed by atoms with Crippen LogP contribution in [0.2, 0.25) is 5.02 Å². The summed E-state index contributed by atoms with van der Waals surface area (Å²) in [6.07, 6.45) is 0. The normalized spacial score (nSPS) is 11.0. The summed E-state index contributed by atoms with van der Waals surface area (Å²) in [4.78, 5) is 4.20. The van der Waals surface area contributed by atoms with E-state index in [1.165, 1.54) is 18.2 Å². The van der Waals surface area contributed by atoms with Crippen molar-refractivity contribution in [1.29, 1.82) is 0 Å². The van der Waals surface area contributed by atoms with Crippen LogP contribution in [0.1, 0.15) is 0 Å². The number of fused-ring (bicyclic) bond motifs is 1. The van der Waals surface area contributed by atoms with E-state index in [4.69, 9.17) is 21.8 Å². The smallest absolute Gasteiger partial charge is 0.230 e. The average molecular weight is 263 g/mol. The molecule has 0 aliphatic heterocycles. The van der Waals surface area contributed by atoms with Crippen LogP contribution in [0.5, 0.6) is 0 Å². The summed E-state index contributed by atoms with van der Waals surface area (Å²) < 4.78 is 19.2. The third-order valence-corrected chi connectivity index (χ3v) is 2.89. The number of rotatable bonds is 1. The molecule has 3 aromatic rings. The van der Waals surface area contributed by atoms with Crippen molar-refractivity contribution in [2.24, 2.45) is 0 Å². The zero-order valence-corrected chi connectivity index (χ0v) is 9.91. The maximum atomic E-state index is 13.7. The van der Waals surface area contributed by atoms with Gasteiger partial charge < -0.3 is 10.2 Å². The summed E-state index contributed by atoms with van der Waals surface area (Å²) in [5.41, 5.74) is 7.32. The molecular weight excluding hydrogens is 255 g/mol. The molecule has 2 N–H and O–H groups in total. The number of nitrogens with zero attached hydrogens (tertiary/aromatic N) is 1. The highest BCUT2D eigenvalue weighted by atomic mass is 35.5. The van der Waals surface area contributed by atoms with Crippen molar-refractivity contribution in [3.8, 4) is 11.5 Å². The van der Waals surface area contributed by atoms with Crippen LogP contribution >= 0.6 is 11.6 Å². The lowest BCUT2D eigenvalue weighted by atomic mass is 10.2. The minimum Gasteiger partial charge on any atom is -0.434 e. The zero-order valence-electron chi connectivity index (χ0n) is 9.15. The van der Waals surface area contributed by atoms with Gasteiger partial charge in [-0.25, -0.2) is 9.37 Å². The van der Waals surface area contributed by atoms with E-state index >= 15 is 0 Å². The molecule has 1 heterocycles. The van der Waals surface area contributed by atoms with Crippen LogP contribution in [0, 0.1) is 5.82 Å². The molecule has 0 bridgehead atoms. The van der Waals surface area contributed by atoms with Crippen molar-refractivity contribution in [2.45, 2.75) is 0 Å². The lowest BCUT2D eigenvalue weighted by Crippen LogP contribution is -1.89. The Morgan fingerprint density at radius 3 is 2.83 bits per heavy atom. The molecule has 0 aliphatic carbocycles. The number of oxazole rings is 1. The van der Waals surface area contributed by atoms with Crippen LogP contribution in [-0.2, 0) is 0 Å². The fraction of sp³-hybridized carbons (Fsp3) is 0. The predicted molar refractivity (Wildman–Crippen MR) is 68.8 cm³/mol. The third-order valence-electron chi connectivity index (χ3n) is 2.59. The van der Waals surface area contributed by atoms with Crippen molar-refractivity contribution in [3.63, 3.8) is 0 Å². The fourth-order valence-corrected chi connectivity index (χ4v) is 1.95. The van der Waals surface area contributed by atoms with Gasteiger partial charge in [-0.3, -0.25) is 0 Å². The van der Waals surface area contributed by atoms with Crippen molar-refractivity contribution in [1.82, 2.24) is 4.98 Å². The first-order valence-electron chi connectivity index (χ1n) is 5.25. The molecule has 0 radical (unpaired) electrons. The Morgan fingerprint density at radius 2 is 2.06 bits per heavy atom. The summed E-state index contributed by atoms with van der Waals surface area (Å²) in [5, 5.41) is 0.440. The maximum absolute atomic E-state index is 13.7. The van der Waals surface area contributed by atoms with E-state index in [0.29, 0.717) is 21.8 Å². The first-order valence-corrected chi connectivity index (χ1v) is 5.63. The molecule has 3 nitrogen and oxygen atoms in total. The molecule has 0 fully saturated rings. The largest absolute Gasteiger partial charge is 0.434 e. The Balaban J connectivity index is 2.26. The number of nitrogens with two attached hydrogens (primary N) is 1. The second-order valence-corrected chi connectivity index (χ2v) is 4.25. The van der Waals surface area contributed by atoms with Gasteiger partial charge in [0.1, 0.15) is 11.3 Å². The molecule has 18 heavy (non-hydrogen) atoms. The Labute approximate surface area is 107 Å². The van der Waals surface area contributed by atoms with E-state index in [-0.39, 0.29) is 11.5 Å². The van der Waals surface area contributed by atoms with E-state index in [2.05, 4.69) is 4.98 Å².